The van der Waals surface area contributed by atoms with E-state index in [0.29, 0.717) is 11.7 Å². The number of hydrogen-bond acceptors (Lipinski definition) is 3. The maximum Gasteiger partial charge on any atom is 0.151 e. The van der Waals surface area contributed by atoms with Crippen LogP contribution in [-0.2, 0) is 0 Å². The summed E-state index contributed by atoms with van der Waals surface area (Å²) in [5, 5.41) is 0.552. The molecule has 0 bridgehead atoms. The largest absolute Gasteiger partial charge is 0.346 e. The highest BCUT2D eigenvalue weighted by molar-refractivity contribution is 6.30. The van der Waals surface area contributed by atoms with Gasteiger partial charge in [0.25, 0.3) is 0 Å². The Morgan fingerprint density at radius 3 is 2.73 bits per heavy atom. The van der Waals surface area contributed by atoms with Gasteiger partial charge in [-0.3, -0.25) is 4.90 Å². The van der Waals surface area contributed by atoms with Gasteiger partial charge in [0.1, 0.15) is 0 Å². The number of H-pyrrole nitrogens is 1. The highest BCUT2D eigenvalue weighted by Gasteiger charge is 2.24. The normalized spacial score (nSPS) is 20.4. The average Bonchev–Trinajstić information content (AvgIpc) is 2.68. The minimum Gasteiger partial charge on any atom is -0.346 e. The molecule has 1 saturated heterocycles. The smallest absolute Gasteiger partial charge is 0.151 e. The van der Waals surface area contributed by atoms with Crippen molar-refractivity contribution in [3.8, 4) is 0 Å². The van der Waals surface area contributed by atoms with Crippen molar-refractivity contribution < 1.29 is 0 Å². The second-order valence-corrected chi connectivity index (χ2v) is 4.31. The third-order valence-corrected chi connectivity index (χ3v) is 3.31. The molecule has 1 fully saturated rings. The molecule has 0 aromatic carbocycles. The molecular weight excluding hydrogens is 212 g/mol. The summed E-state index contributed by atoms with van der Waals surface area (Å²) in [5.74, 6) is 0. The van der Waals surface area contributed by atoms with E-state index >= 15 is 0 Å². The Kier molecular flexibility index (Phi) is 3.61. The zero-order valence-corrected chi connectivity index (χ0v) is 9.50. The number of aromatic nitrogens is 2. The molecule has 1 aromatic heterocycles. The number of hydrogen-bond donors (Lipinski definition) is 2. The van der Waals surface area contributed by atoms with E-state index in [-0.39, 0.29) is 6.04 Å². The van der Waals surface area contributed by atoms with Gasteiger partial charge in [0.05, 0.1) is 18.1 Å². The van der Waals surface area contributed by atoms with E-state index in [1.807, 2.05) is 0 Å². The van der Waals surface area contributed by atoms with Gasteiger partial charge in [-0.15, -0.1) is 0 Å². The van der Waals surface area contributed by atoms with Crippen molar-refractivity contribution in [1.82, 2.24) is 14.9 Å². The van der Waals surface area contributed by atoms with Crippen LogP contribution in [0.5, 0.6) is 0 Å². The lowest BCUT2D eigenvalue weighted by molar-refractivity contribution is 0.165. The lowest BCUT2D eigenvalue weighted by atomic mass is 10.1. The van der Waals surface area contributed by atoms with Crippen molar-refractivity contribution in [2.24, 2.45) is 5.73 Å². The Labute approximate surface area is 94.8 Å². The monoisotopic (exact) mass is 228 g/mol. The van der Waals surface area contributed by atoms with Gasteiger partial charge < -0.3 is 10.7 Å². The molecule has 1 unspecified atom stereocenters. The highest BCUT2D eigenvalue weighted by atomic mass is 35.5. The Balaban J connectivity index is 2.12. The van der Waals surface area contributed by atoms with Crippen LogP contribution in [0.25, 0.3) is 0 Å². The van der Waals surface area contributed by atoms with Gasteiger partial charge >= 0.3 is 0 Å². The first-order valence-corrected chi connectivity index (χ1v) is 5.83. The summed E-state index contributed by atoms with van der Waals surface area (Å²) in [6.07, 6.45) is 5.46. The van der Waals surface area contributed by atoms with E-state index in [1.54, 1.807) is 6.33 Å². The summed E-state index contributed by atoms with van der Waals surface area (Å²) < 4.78 is 0. The van der Waals surface area contributed by atoms with E-state index in [4.69, 9.17) is 17.3 Å². The van der Waals surface area contributed by atoms with Crippen LogP contribution in [0.15, 0.2) is 6.33 Å². The molecule has 2 heterocycles. The number of imidazole rings is 1. The van der Waals surface area contributed by atoms with Gasteiger partial charge in [-0.2, -0.15) is 0 Å². The van der Waals surface area contributed by atoms with Gasteiger partial charge in [-0.05, 0) is 25.9 Å². The summed E-state index contributed by atoms with van der Waals surface area (Å²) in [7, 11) is 0. The third-order valence-electron chi connectivity index (χ3n) is 3.01. The number of rotatable bonds is 3. The summed E-state index contributed by atoms with van der Waals surface area (Å²) in [4.78, 5) is 9.49. The van der Waals surface area contributed by atoms with E-state index in [9.17, 15) is 0 Å². The fraction of sp³-hybridized carbons (Fsp3) is 0.700. The molecule has 1 atom stereocenters. The van der Waals surface area contributed by atoms with Crippen molar-refractivity contribution in [3.05, 3.63) is 17.2 Å². The summed E-state index contributed by atoms with van der Waals surface area (Å²) in [6, 6.07) is 0.195. The molecule has 0 saturated carbocycles. The molecular formula is C10H17ClN4. The molecule has 0 radical (unpaired) electrons. The highest BCUT2D eigenvalue weighted by Crippen LogP contribution is 2.26. The number of halogens is 1. The minimum absolute atomic E-state index is 0.195. The van der Waals surface area contributed by atoms with E-state index in [0.717, 1.165) is 18.8 Å². The maximum atomic E-state index is 6.01. The SMILES string of the molecule is NCC(c1[nH]cnc1Cl)N1CCCCC1. The van der Waals surface area contributed by atoms with E-state index in [2.05, 4.69) is 14.9 Å². The van der Waals surface area contributed by atoms with Gasteiger partial charge in [0.15, 0.2) is 5.15 Å². The second-order valence-electron chi connectivity index (χ2n) is 3.96. The average molecular weight is 229 g/mol. The van der Waals surface area contributed by atoms with Gasteiger partial charge in [0.2, 0.25) is 0 Å². The molecule has 15 heavy (non-hydrogen) atoms. The molecule has 2 rings (SSSR count). The molecule has 0 amide bonds. The Hall–Kier alpha value is -0.580. The fourth-order valence-electron chi connectivity index (χ4n) is 2.20. The lowest BCUT2D eigenvalue weighted by Gasteiger charge is -2.33. The van der Waals surface area contributed by atoms with Crippen molar-refractivity contribution in [2.45, 2.75) is 25.3 Å². The van der Waals surface area contributed by atoms with Crippen molar-refractivity contribution in [2.75, 3.05) is 19.6 Å². The summed E-state index contributed by atoms with van der Waals surface area (Å²) >= 11 is 6.01. The predicted molar refractivity (Wildman–Crippen MR) is 60.8 cm³/mol. The number of nitrogens with one attached hydrogen (secondary N) is 1. The maximum absolute atomic E-state index is 6.01. The first-order chi connectivity index (χ1) is 7.33. The number of likely N-dealkylation sites (tertiary alicyclic amines) is 1. The van der Waals surface area contributed by atoms with Crippen LogP contribution < -0.4 is 5.73 Å². The quantitative estimate of drug-likeness (QED) is 0.826. The zero-order chi connectivity index (χ0) is 10.7. The molecule has 1 aliphatic rings. The number of nitrogens with two attached hydrogens (primary N) is 1. The minimum atomic E-state index is 0.195. The Morgan fingerprint density at radius 2 is 2.20 bits per heavy atom. The molecule has 5 heteroatoms. The molecule has 1 aliphatic heterocycles. The lowest BCUT2D eigenvalue weighted by Crippen LogP contribution is -2.37. The summed E-state index contributed by atoms with van der Waals surface area (Å²) in [6.45, 7) is 2.80. The third kappa shape index (κ3) is 2.33. The molecule has 3 N–H and O–H groups in total. The first kappa shape index (κ1) is 10.9. The molecule has 4 nitrogen and oxygen atoms in total. The van der Waals surface area contributed by atoms with Gasteiger partial charge in [0, 0.05) is 6.54 Å². The van der Waals surface area contributed by atoms with Crippen LogP contribution in [0.1, 0.15) is 31.0 Å². The molecule has 0 aliphatic carbocycles. The second kappa shape index (κ2) is 4.96. The van der Waals surface area contributed by atoms with Gasteiger partial charge in [-0.1, -0.05) is 18.0 Å². The first-order valence-electron chi connectivity index (χ1n) is 5.46. The Morgan fingerprint density at radius 1 is 1.47 bits per heavy atom. The molecule has 84 valence electrons. The molecule has 0 spiro atoms. The Bertz CT molecular complexity index is 306. The molecule has 1 aromatic rings. The van der Waals surface area contributed by atoms with Crippen LogP contribution >= 0.6 is 11.6 Å². The van der Waals surface area contributed by atoms with E-state index in [1.165, 1.54) is 19.3 Å². The van der Waals surface area contributed by atoms with Crippen LogP contribution in [0.2, 0.25) is 5.15 Å². The van der Waals surface area contributed by atoms with Crippen molar-refractivity contribution in [1.29, 1.82) is 0 Å². The van der Waals surface area contributed by atoms with Crippen LogP contribution in [0.3, 0.4) is 0 Å². The van der Waals surface area contributed by atoms with Crippen LogP contribution in [0.4, 0.5) is 0 Å². The number of aromatic amines is 1. The number of nitrogens with zero attached hydrogens (tertiary/aromatic N) is 2. The fourth-order valence-corrected chi connectivity index (χ4v) is 2.43. The topological polar surface area (TPSA) is 57.9 Å². The van der Waals surface area contributed by atoms with Crippen LogP contribution in [0, 0.1) is 0 Å². The van der Waals surface area contributed by atoms with Crippen molar-refractivity contribution in [3.63, 3.8) is 0 Å². The zero-order valence-electron chi connectivity index (χ0n) is 8.75. The van der Waals surface area contributed by atoms with E-state index < -0.39 is 0 Å². The van der Waals surface area contributed by atoms with Gasteiger partial charge in [-0.25, -0.2) is 4.98 Å². The predicted octanol–water partition coefficient (Wildman–Crippen LogP) is 1.55. The van der Waals surface area contributed by atoms with Crippen molar-refractivity contribution >= 4 is 11.6 Å². The standard InChI is InChI=1S/C10H17ClN4/c11-10-9(13-7-14-10)8(6-12)15-4-2-1-3-5-15/h7-8H,1-6,12H2,(H,13,14). The van der Waals surface area contributed by atoms with Crippen LogP contribution in [-0.4, -0.2) is 34.5 Å². The number of piperidine rings is 1. The summed E-state index contributed by atoms with van der Waals surface area (Å²) in [5.41, 5.74) is 6.77.